The SMILES string of the molecule is CC1(C)CON(Cc2ccccc2Cl)C1=O.F. The maximum Gasteiger partial charge on any atom is 0.254 e. The maximum atomic E-state index is 11.9. The van der Waals surface area contributed by atoms with E-state index in [0.717, 1.165) is 5.56 Å². The predicted molar refractivity (Wildman–Crippen MR) is 64.2 cm³/mol. The number of amides is 1. The van der Waals surface area contributed by atoms with E-state index in [-0.39, 0.29) is 10.6 Å². The first-order valence-corrected chi connectivity index (χ1v) is 5.57. The van der Waals surface area contributed by atoms with Gasteiger partial charge in [0.2, 0.25) is 0 Å². The van der Waals surface area contributed by atoms with Crippen molar-refractivity contribution < 1.29 is 14.3 Å². The van der Waals surface area contributed by atoms with Gasteiger partial charge in [-0.1, -0.05) is 29.8 Å². The van der Waals surface area contributed by atoms with Gasteiger partial charge < -0.3 is 0 Å². The van der Waals surface area contributed by atoms with Gasteiger partial charge in [0.15, 0.2) is 0 Å². The molecule has 0 radical (unpaired) electrons. The third-order valence-electron chi connectivity index (χ3n) is 2.66. The molecule has 0 aromatic heterocycles. The Morgan fingerprint density at radius 2 is 2.06 bits per heavy atom. The minimum Gasteiger partial charge on any atom is -0.272 e. The van der Waals surface area contributed by atoms with E-state index in [1.165, 1.54) is 5.06 Å². The zero-order valence-corrected chi connectivity index (χ0v) is 10.5. The molecule has 0 aliphatic carbocycles. The van der Waals surface area contributed by atoms with Crippen LogP contribution in [0.15, 0.2) is 24.3 Å². The summed E-state index contributed by atoms with van der Waals surface area (Å²) in [7, 11) is 0. The van der Waals surface area contributed by atoms with Crippen LogP contribution in [-0.2, 0) is 16.2 Å². The van der Waals surface area contributed by atoms with Gasteiger partial charge in [0, 0.05) is 5.02 Å². The first-order valence-electron chi connectivity index (χ1n) is 5.19. The quantitative estimate of drug-likeness (QED) is 0.817. The molecule has 94 valence electrons. The van der Waals surface area contributed by atoms with Crippen molar-refractivity contribution in [2.75, 3.05) is 6.61 Å². The van der Waals surface area contributed by atoms with Crippen molar-refractivity contribution in [3.05, 3.63) is 34.9 Å². The van der Waals surface area contributed by atoms with E-state index in [1.54, 1.807) is 0 Å². The number of benzene rings is 1. The van der Waals surface area contributed by atoms with Crippen LogP contribution < -0.4 is 0 Å². The van der Waals surface area contributed by atoms with Crippen LogP contribution in [0, 0.1) is 5.41 Å². The molecule has 2 rings (SSSR count). The lowest BCUT2D eigenvalue weighted by molar-refractivity contribution is -0.165. The van der Waals surface area contributed by atoms with Gasteiger partial charge in [-0.3, -0.25) is 14.3 Å². The first kappa shape index (κ1) is 13.9. The average molecular weight is 260 g/mol. The number of hydrogen-bond acceptors (Lipinski definition) is 2. The average Bonchev–Trinajstić information content (AvgIpc) is 2.49. The van der Waals surface area contributed by atoms with Crippen LogP contribution >= 0.6 is 11.6 Å². The molecule has 1 aliphatic rings. The Bertz CT molecular complexity index is 423. The standard InChI is InChI=1S/C12H14ClNO2.FH/c1-12(2)8-16-14(11(12)15)7-9-5-3-4-6-10(9)13;/h3-6H,7-8H2,1-2H3;1H. The highest BCUT2D eigenvalue weighted by Gasteiger charge is 2.40. The third kappa shape index (κ3) is 2.76. The van der Waals surface area contributed by atoms with E-state index in [9.17, 15) is 4.79 Å². The van der Waals surface area contributed by atoms with E-state index in [4.69, 9.17) is 16.4 Å². The van der Waals surface area contributed by atoms with Gasteiger partial charge in [-0.2, -0.15) is 0 Å². The third-order valence-corrected chi connectivity index (χ3v) is 3.03. The van der Waals surface area contributed by atoms with Crippen molar-refractivity contribution in [3.63, 3.8) is 0 Å². The van der Waals surface area contributed by atoms with Crippen molar-refractivity contribution in [2.45, 2.75) is 20.4 Å². The smallest absolute Gasteiger partial charge is 0.254 e. The molecule has 1 fully saturated rings. The molecular formula is C12H15ClFNO2. The number of halogens is 2. The molecule has 5 heteroatoms. The van der Waals surface area contributed by atoms with Crippen molar-refractivity contribution in [2.24, 2.45) is 5.41 Å². The zero-order chi connectivity index (χ0) is 11.8. The van der Waals surface area contributed by atoms with Crippen molar-refractivity contribution >= 4 is 17.5 Å². The minimum atomic E-state index is -0.429. The van der Waals surface area contributed by atoms with Gasteiger partial charge in [0.25, 0.3) is 5.91 Å². The molecule has 1 aromatic rings. The van der Waals surface area contributed by atoms with Crippen molar-refractivity contribution in [3.8, 4) is 0 Å². The lowest BCUT2D eigenvalue weighted by Crippen LogP contribution is -2.30. The van der Waals surface area contributed by atoms with Crippen LogP contribution in [0.4, 0.5) is 4.70 Å². The van der Waals surface area contributed by atoms with Gasteiger partial charge in [0.05, 0.1) is 18.6 Å². The van der Waals surface area contributed by atoms with Crippen molar-refractivity contribution in [1.82, 2.24) is 5.06 Å². The van der Waals surface area contributed by atoms with Crippen LogP contribution in [0.3, 0.4) is 0 Å². The summed E-state index contributed by atoms with van der Waals surface area (Å²) in [6, 6.07) is 7.46. The highest BCUT2D eigenvalue weighted by atomic mass is 35.5. The summed E-state index contributed by atoms with van der Waals surface area (Å²) in [4.78, 5) is 17.3. The second-order valence-electron chi connectivity index (χ2n) is 4.59. The van der Waals surface area contributed by atoms with Gasteiger partial charge in [0.1, 0.15) is 0 Å². The number of carbonyl (C=O) groups excluding carboxylic acids is 1. The highest BCUT2D eigenvalue weighted by Crippen LogP contribution is 2.29. The molecule has 1 saturated heterocycles. The van der Waals surface area contributed by atoms with Gasteiger partial charge in [-0.25, -0.2) is 5.06 Å². The first-order chi connectivity index (χ1) is 7.50. The number of rotatable bonds is 2. The predicted octanol–water partition coefficient (Wildman–Crippen LogP) is 2.79. The van der Waals surface area contributed by atoms with E-state index >= 15 is 0 Å². The monoisotopic (exact) mass is 259 g/mol. The Labute approximate surface area is 105 Å². The Morgan fingerprint density at radius 3 is 2.59 bits per heavy atom. The number of hydroxylamine groups is 2. The summed E-state index contributed by atoms with van der Waals surface area (Å²) >= 11 is 6.03. The van der Waals surface area contributed by atoms with Crippen LogP contribution in [-0.4, -0.2) is 17.6 Å². The Kier molecular flexibility index (Phi) is 4.11. The second kappa shape index (κ2) is 5.02. The largest absolute Gasteiger partial charge is 0.272 e. The van der Waals surface area contributed by atoms with E-state index in [1.807, 2.05) is 38.1 Å². The lowest BCUT2D eigenvalue weighted by Gasteiger charge is -2.16. The molecule has 1 aromatic carbocycles. The topological polar surface area (TPSA) is 29.5 Å². The molecule has 3 nitrogen and oxygen atoms in total. The summed E-state index contributed by atoms with van der Waals surface area (Å²) in [5, 5.41) is 2.05. The fourth-order valence-corrected chi connectivity index (χ4v) is 1.79. The summed E-state index contributed by atoms with van der Waals surface area (Å²) in [5.74, 6) is 0.00687. The van der Waals surface area contributed by atoms with Crippen molar-refractivity contribution in [1.29, 1.82) is 0 Å². The fraction of sp³-hybridized carbons (Fsp3) is 0.417. The molecular weight excluding hydrogens is 245 g/mol. The van der Waals surface area contributed by atoms with E-state index < -0.39 is 5.41 Å². The summed E-state index contributed by atoms with van der Waals surface area (Å²) in [5.41, 5.74) is 0.469. The molecule has 0 N–H and O–H groups in total. The minimum absolute atomic E-state index is 0. The molecule has 0 spiro atoms. The van der Waals surface area contributed by atoms with Crippen LogP contribution in [0.2, 0.25) is 5.02 Å². The Hall–Kier alpha value is -1.13. The molecule has 0 atom stereocenters. The van der Waals surface area contributed by atoms with Crippen LogP contribution in [0.25, 0.3) is 0 Å². The van der Waals surface area contributed by atoms with Gasteiger partial charge >= 0.3 is 0 Å². The van der Waals surface area contributed by atoms with E-state index in [2.05, 4.69) is 0 Å². The highest BCUT2D eigenvalue weighted by molar-refractivity contribution is 6.31. The van der Waals surface area contributed by atoms with Crippen LogP contribution in [0.1, 0.15) is 19.4 Å². The Balaban J connectivity index is 0.00000144. The molecule has 1 aliphatic heterocycles. The molecule has 0 unspecified atom stereocenters. The molecule has 1 heterocycles. The second-order valence-corrected chi connectivity index (χ2v) is 5.00. The zero-order valence-electron chi connectivity index (χ0n) is 9.77. The van der Waals surface area contributed by atoms with Gasteiger partial charge in [-0.05, 0) is 25.5 Å². The summed E-state index contributed by atoms with van der Waals surface area (Å²) in [6.07, 6.45) is 0. The molecule has 0 saturated carbocycles. The maximum absolute atomic E-state index is 11.9. The normalized spacial score (nSPS) is 18.1. The molecule has 0 bridgehead atoms. The lowest BCUT2D eigenvalue weighted by atomic mass is 9.95. The number of carbonyl (C=O) groups is 1. The van der Waals surface area contributed by atoms with Gasteiger partial charge in [-0.15, -0.1) is 0 Å². The summed E-state index contributed by atoms with van der Waals surface area (Å²) in [6.45, 7) is 4.59. The number of nitrogens with zero attached hydrogens (tertiary/aromatic N) is 1. The molecule has 17 heavy (non-hydrogen) atoms. The molecule has 1 amide bonds. The summed E-state index contributed by atoms with van der Waals surface area (Å²) < 4.78 is 0. The van der Waals surface area contributed by atoms with Crippen LogP contribution in [0.5, 0.6) is 0 Å². The van der Waals surface area contributed by atoms with E-state index in [0.29, 0.717) is 18.2 Å². The number of hydrogen-bond donors (Lipinski definition) is 0. The Morgan fingerprint density at radius 1 is 1.41 bits per heavy atom. The fourth-order valence-electron chi connectivity index (χ4n) is 1.60.